The maximum absolute atomic E-state index is 12.2. The summed E-state index contributed by atoms with van der Waals surface area (Å²) in [5, 5.41) is 21.1. The first kappa shape index (κ1) is 31.5. The summed E-state index contributed by atoms with van der Waals surface area (Å²) >= 11 is 0. The number of hydrogen-bond donors (Lipinski definition) is 3. The van der Waals surface area contributed by atoms with E-state index in [-0.39, 0.29) is 44.0 Å². The molecule has 0 radical (unpaired) electrons. The fourth-order valence-corrected chi connectivity index (χ4v) is 5.77. The zero-order chi connectivity index (χ0) is 31.1. The third kappa shape index (κ3) is 7.95. The number of methoxy groups -OCH3 is 2. The van der Waals surface area contributed by atoms with E-state index in [4.69, 9.17) is 24.1 Å². The van der Waals surface area contributed by atoms with Crippen molar-refractivity contribution in [3.63, 3.8) is 0 Å². The molecule has 0 bridgehead atoms. The van der Waals surface area contributed by atoms with Crippen molar-refractivity contribution < 1.29 is 38.7 Å². The van der Waals surface area contributed by atoms with Crippen molar-refractivity contribution in [2.45, 2.75) is 63.8 Å². The lowest BCUT2D eigenvalue weighted by Crippen LogP contribution is -2.41. The molecule has 2 heterocycles. The summed E-state index contributed by atoms with van der Waals surface area (Å²) in [4.78, 5) is 25.3. The lowest BCUT2D eigenvalue weighted by atomic mass is 9.97. The van der Waals surface area contributed by atoms with Gasteiger partial charge in [0, 0.05) is 50.1 Å². The molecular weight excluding hydrogens is 564 g/mol. The first-order valence-corrected chi connectivity index (χ1v) is 14.9. The molecule has 0 unspecified atom stereocenters. The highest BCUT2D eigenvalue weighted by atomic mass is 16.7. The van der Waals surface area contributed by atoms with Crippen LogP contribution in [0.1, 0.15) is 65.9 Å². The van der Waals surface area contributed by atoms with Crippen LogP contribution in [0.5, 0.6) is 11.5 Å². The van der Waals surface area contributed by atoms with E-state index in [1.807, 2.05) is 36.4 Å². The lowest BCUT2D eigenvalue weighted by Gasteiger charge is -2.39. The van der Waals surface area contributed by atoms with Crippen molar-refractivity contribution in [1.82, 2.24) is 4.90 Å². The highest BCUT2D eigenvalue weighted by Gasteiger charge is 2.34. The number of ether oxygens (including phenoxy) is 4. The number of benzene rings is 3. The second-order valence-corrected chi connectivity index (χ2v) is 11.2. The minimum Gasteiger partial charge on any atom is -0.493 e. The lowest BCUT2D eigenvalue weighted by molar-refractivity contribution is -0.253. The Kier molecular flexibility index (Phi) is 10.5. The van der Waals surface area contributed by atoms with Crippen LogP contribution in [-0.2, 0) is 38.6 Å². The molecule has 234 valence electrons. The number of anilines is 1. The number of carboxylic acids is 1. The van der Waals surface area contributed by atoms with Crippen molar-refractivity contribution in [1.29, 1.82) is 0 Å². The smallest absolute Gasteiger partial charge is 0.303 e. The molecule has 3 aromatic carbocycles. The zero-order valence-corrected chi connectivity index (χ0v) is 25.2. The third-order valence-corrected chi connectivity index (χ3v) is 8.13. The molecule has 5 rings (SSSR count). The third-order valence-electron chi connectivity index (χ3n) is 8.13. The van der Waals surface area contributed by atoms with Crippen molar-refractivity contribution in [3.05, 3.63) is 88.5 Å². The molecule has 10 heteroatoms. The molecule has 44 heavy (non-hydrogen) atoms. The number of aliphatic carboxylic acids is 1. The van der Waals surface area contributed by atoms with Gasteiger partial charge in [0.2, 0.25) is 5.91 Å². The Balaban J connectivity index is 1.29. The van der Waals surface area contributed by atoms with Crippen LogP contribution in [0.25, 0.3) is 0 Å². The van der Waals surface area contributed by atoms with Crippen molar-refractivity contribution in [3.8, 4) is 11.5 Å². The molecule has 1 amide bonds. The van der Waals surface area contributed by atoms with Crippen molar-refractivity contribution >= 4 is 17.6 Å². The molecule has 0 aromatic heterocycles. The number of fused-ring (bicyclic) bond motifs is 1. The van der Waals surface area contributed by atoms with Gasteiger partial charge in [-0.2, -0.15) is 0 Å². The maximum Gasteiger partial charge on any atom is 0.303 e. The molecular formula is C34H40N2O8. The number of nitrogens with zero attached hydrogens (tertiary/aromatic N) is 1. The van der Waals surface area contributed by atoms with E-state index < -0.39 is 12.3 Å². The van der Waals surface area contributed by atoms with E-state index in [1.54, 1.807) is 26.4 Å². The molecule has 3 aromatic rings. The van der Waals surface area contributed by atoms with Gasteiger partial charge in [-0.3, -0.25) is 14.5 Å². The first-order chi connectivity index (χ1) is 21.3. The number of aliphatic hydroxyl groups is 1. The average molecular weight is 605 g/mol. The highest BCUT2D eigenvalue weighted by molar-refractivity contribution is 5.90. The molecule has 0 saturated carbocycles. The van der Waals surface area contributed by atoms with E-state index in [0.29, 0.717) is 12.1 Å². The van der Waals surface area contributed by atoms with Gasteiger partial charge in [-0.25, -0.2) is 0 Å². The molecule has 0 spiro atoms. The minimum absolute atomic E-state index is 0.0181. The summed E-state index contributed by atoms with van der Waals surface area (Å²) in [5.41, 5.74) is 5.79. The molecule has 1 saturated heterocycles. The maximum atomic E-state index is 12.2. The number of carboxylic acid groups (broad SMARTS) is 1. The van der Waals surface area contributed by atoms with Gasteiger partial charge in [-0.1, -0.05) is 36.4 Å². The number of amides is 1. The van der Waals surface area contributed by atoms with Gasteiger partial charge < -0.3 is 34.5 Å². The van der Waals surface area contributed by atoms with E-state index in [2.05, 4.69) is 22.3 Å². The van der Waals surface area contributed by atoms with E-state index in [0.717, 1.165) is 54.2 Å². The van der Waals surface area contributed by atoms with Gasteiger partial charge >= 0.3 is 5.97 Å². The molecule has 2 aliphatic heterocycles. The molecule has 10 nitrogen and oxygen atoms in total. The molecule has 3 atom stereocenters. The Labute approximate surface area is 257 Å². The zero-order valence-electron chi connectivity index (χ0n) is 25.2. The monoisotopic (exact) mass is 604 g/mol. The largest absolute Gasteiger partial charge is 0.493 e. The SMILES string of the molecule is COc1cc2c(cc1OC)CN(C[C@H]1C[C@@H](c3ccc(CO)cc3)O[C@@H](c3ccc(NC(=O)CCCC(=O)O)cc3)O1)CC2. The summed E-state index contributed by atoms with van der Waals surface area (Å²) < 4.78 is 24.1. The fourth-order valence-electron chi connectivity index (χ4n) is 5.77. The van der Waals surface area contributed by atoms with Crippen LogP contribution >= 0.6 is 0 Å². The van der Waals surface area contributed by atoms with E-state index >= 15 is 0 Å². The van der Waals surface area contributed by atoms with Gasteiger partial charge in [0.15, 0.2) is 17.8 Å². The predicted octanol–water partition coefficient (Wildman–Crippen LogP) is 4.99. The molecule has 3 N–H and O–H groups in total. The number of aliphatic hydroxyl groups excluding tert-OH is 1. The van der Waals surface area contributed by atoms with Crippen molar-refractivity contribution in [2.75, 3.05) is 32.6 Å². The number of nitrogens with one attached hydrogen (secondary N) is 1. The quantitative estimate of drug-likeness (QED) is 0.262. The summed E-state index contributed by atoms with van der Waals surface area (Å²) in [7, 11) is 3.30. The fraction of sp³-hybridized carbons (Fsp3) is 0.412. The Bertz CT molecular complexity index is 1430. The van der Waals surface area contributed by atoms with Crippen LogP contribution in [0, 0.1) is 0 Å². The first-order valence-electron chi connectivity index (χ1n) is 14.9. The van der Waals surface area contributed by atoms with Crippen LogP contribution in [0.3, 0.4) is 0 Å². The van der Waals surface area contributed by atoms with Crippen LogP contribution in [0.15, 0.2) is 60.7 Å². The topological polar surface area (TPSA) is 127 Å². The summed E-state index contributed by atoms with van der Waals surface area (Å²) in [6.45, 7) is 2.38. The molecule has 2 aliphatic rings. The Morgan fingerprint density at radius 3 is 2.27 bits per heavy atom. The van der Waals surface area contributed by atoms with Crippen LogP contribution in [-0.4, -0.2) is 60.4 Å². The van der Waals surface area contributed by atoms with Gasteiger partial charge in [-0.05, 0) is 59.4 Å². The normalized spacial score (nSPS) is 20.0. The number of carbonyl (C=O) groups is 2. The number of hydrogen-bond acceptors (Lipinski definition) is 8. The minimum atomic E-state index is -0.915. The molecule has 0 aliphatic carbocycles. The highest BCUT2D eigenvalue weighted by Crippen LogP contribution is 2.39. The molecule has 1 fully saturated rings. The van der Waals surface area contributed by atoms with E-state index in [1.165, 1.54) is 11.1 Å². The van der Waals surface area contributed by atoms with Gasteiger partial charge in [0.05, 0.1) is 33.0 Å². The Morgan fingerprint density at radius 1 is 0.932 bits per heavy atom. The van der Waals surface area contributed by atoms with Gasteiger partial charge in [-0.15, -0.1) is 0 Å². The van der Waals surface area contributed by atoms with Crippen LogP contribution < -0.4 is 14.8 Å². The Morgan fingerprint density at radius 2 is 1.61 bits per heavy atom. The second kappa shape index (κ2) is 14.7. The average Bonchev–Trinajstić information content (AvgIpc) is 3.04. The number of rotatable bonds is 12. The van der Waals surface area contributed by atoms with Crippen LogP contribution in [0.4, 0.5) is 5.69 Å². The van der Waals surface area contributed by atoms with Gasteiger partial charge in [0.1, 0.15) is 0 Å². The Hall–Kier alpha value is -3.96. The second-order valence-electron chi connectivity index (χ2n) is 11.2. The van der Waals surface area contributed by atoms with Crippen LogP contribution in [0.2, 0.25) is 0 Å². The predicted molar refractivity (Wildman–Crippen MR) is 164 cm³/mol. The summed E-state index contributed by atoms with van der Waals surface area (Å²) in [5.74, 6) is 0.326. The van der Waals surface area contributed by atoms with Crippen molar-refractivity contribution in [2.24, 2.45) is 0 Å². The van der Waals surface area contributed by atoms with E-state index in [9.17, 15) is 14.7 Å². The summed E-state index contributed by atoms with van der Waals surface area (Å²) in [6.07, 6.45) is 1.04. The number of carbonyl (C=O) groups excluding carboxylic acids is 1. The van der Waals surface area contributed by atoms with Gasteiger partial charge in [0.25, 0.3) is 0 Å². The standard InChI is InChI=1S/C34H40N2O8/c1-41-30-16-25-14-15-36(19-26(25)17-31(30)42-2)20-28-18-29(23-8-6-22(21-37)7-9-23)44-34(43-28)24-10-12-27(13-11-24)35-32(38)4-3-5-33(39)40/h6-13,16-17,28-29,34,37H,3-5,14-15,18-21H2,1-2H3,(H,35,38)(H,39,40)/t28-,29+,34+/m1/s1. The summed E-state index contributed by atoms with van der Waals surface area (Å²) in [6, 6.07) is 19.3.